The van der Waals surface area contributed by atoms with E-state index in [1.54, 1.807) is 0 Å². The minimum Gasteiger partial charge on any atom is -0.371 e. The highest BCUT2D eigenvalue weighted by Crippen LogP contribution is 2.32. The van der Waals surface area contributed by atoms with Gasteiger partial charge in [0.25, 0.3) is 5.91 Å². The Kier molecular flexibility index (Phi) is 5.95. The highest BCUT2D eigenvalue weighted by Gasteiger charge is 2.30. The van der Waals surface area contributed by atoms with Gasteiger partial charge in [0.05, 0.1) is 11.3 Å². The van der Waals surface area contributed by atoms with Crippen molar-refractivity contribution in [2.45, 2.75) is 51.9 Å². The van der Waals surface area contributed by atoms with Gasteiger partial charge in [-0.3, -0.25) is 9.59 Å². The minimum absolute atomic E-state index is 0.0267. The Labute approximate surface area is 150 Å². The van der Waals surface area contributed by atoms with E-state index < -0.39 is 0 Å². The first kappa shape index (κ1) is 17.8. The number of amides is 2. The van der Waals surface area contributed by atoms with Gasteiger partial charge in [0.1, 0.15) is 0 Å². The molecule has 1 aliphatic carbocycles. The lowest BCUT2D eigenvalue weighted by molar-refractivity contribution is -0.117. The van der Waals surface area contributed by atoms with Gasteiger partial charge in [0.15, 0.2) is 0 Å². The van der Waals surface area contributed by atoms with Crippen molar-refractivity contribution in [3.05, 3.63) is 23.8 Å². The van der Waals surface area contributed by atoms with Crippen LogP contribution in [0.5, 0.6) is 0 Å². The average Bonchev–Trinajstić information content (AvgIpc) is 3.46. The third kappa shape index (κ3) is 4.74. The van der Waals surface area contributed by atoms with Gasteiger partial charge >= 0.3 is 0 Å². The van der Waals surface area contributed by atoms with E-state index in [1.165, 1.54) is 12.8 Å². The van der Waals surface area contributed by atoms with Crippen LogP contribution < -0.4 is 15.5 Å². The lowest BCUT2D eigenvalue weighted by Gasteiger charge is -2.26. The molecule has 1 heterocycles. The molecule has 2 N–H and O–H groups in total. The van der Waals surface area contributed by atoms with Crippen LogP contribution in [-0.4, -0.2) is 31.4 Å². The number of nitrogens with zero attached hydrogens (tertiary/aromatic N) is 1. The van der Waals surface area contributed by atoms with Gasteiger partial charge in [-0.25, -0.2) is 0 Å². The minimum atomic E-state index is -0.0267. The fraction of sp³-hybridized carbons (Fsp3) is 0.600. The van der Waals surface area contributed by atoms with Crippen LogP contribution in [-0.2, 0) is 4.79 Å². The molecule has 2 amide bonds. The Morgan fingerprint density at radius 3 is 2.48 bits per heavy atom. The van der Waals surface area contributed by atoms with E-state index in [1.807, 2.05) is 25.1 Å². The van der Waals surface area contributed by atoms with Gasteiger partial charge in [0.2, 0.25) is 5.91 Å². The first-order chi connectivity index (χ1) is 12.2. The summed E-state index contributed by atoms with van der Waals surface area (Å²) in [6.07, 6.45) is 7.67. The molecule has 3 rings (SSSR count). The molecule has 2 aliphatic rings. The molecule has 2 fully saturated rings. The summed E-state index contributed by atoms with van der Waals surface area (Å²) < 4.78 is 0. The lowest BCUT2D eigenvalue weighted by atomic mass is 10.1. The molecule has 136 valence electrons. The molecule has 1 saturated carbocycles. The van der Waals surface area contributed by atoms with E-state index in [0.29, 0.717) is 12.1 Å². The van der Waals surface area contributed by atoms with Crippen LogP contribution in [0.4, 0.5) is 11.4 Å². The first-order valence-electron chi connectivity index (χ1n) is 9.67. The lowest BCUT2D eigenvalue weighted by Crippen LogP contribution is -2.30. The summed E-state index contributed by atoms with van der Waals surface area (Å²) in [4.78, 5) is 27.0. The molecular weight excluding hydrogens is 314 g/mol. The van der Waals surface area contributed by atoms with Gasteiger partial charge in [-0.05, 0) is 50.3 Å². The van der Waals surface area contributed by atoms with Crippen molar-refractivity contribution in [1.82, 2.24) is 5.32 Å². The molecule has 1 aliphatic heterocycles. The van der Waals surface area contributed by atoms with Crippen LogP contribution >= 0.6 is 0 Å². The van der Waals surface area contributed by atoms with Gasteiger partial charge in [0, 0.05) is 31.2 Å². The smallest absolute Gasteiger partial charge is 0.253 e. The molecule has 0 bridgehead atoms. The van der Waals surface area contributed by atoms with Crippen molar-refractivity contribution in [3.63, 3.8) is 0 Å². The fourth-order valence-electron chi connectivity index (χ4n) is 3.30. The topological polar surface area (TPSA) is 61.4 Å². The molecule has 25 heavy (non-hydrogen) atoms. The maximum Gasteiger partial charge on any atom is 0.253 e. The number of benzene rings is 1. The highest BCUT2D eigenvalue weighted by atomic mass is 16.2. The van der Waals surface area contributed by atoms with E-state index in [-0.39, 0.29) is 17.7 Å². The molecule has 0 unspecified atom stereocenters. The summed E-state index contributed by atoms with van der Waals surface area (Å²) in [6, 6.07) is 5.68. The summed E-state index contributed by atoms with van der Waals surface area (Å²) >= 11 is 0. The monoisotopic (exact) mass is 343 g/mol. The molecule has 5 heteroatoms. The van der Waals surface area contributed by atoms with Crippen molar-refractivity contribution in [2.75, 3.05) is 29.9 Å². The number of carbonyl (C=O) groups excluding carboxylic acids is 2. The molecule has 0 spiro atoms. The number of hydrogen-bond donors (Lipinski definition) is 2. The fourth-order valence-corrected chi connectivity index (χ4v) is 3.30. The average molecular weight is 343 g/mol. The van der Waals surface area contributed by atoms with Crippen molar-refractivity contribution in [3.8, 4) is 0 Å². The number of hydrogen-bond acceptors (Lipinski definition) is 3. The summed E-state index contributed by atoms with van der Waals surface area (Å²) in [7, 11) is 0. The van der Waals surface area contributed by atoms with E-state index >= 15 is 0 Å². The molecule has 1 aromatic carbocycles. The van der Waals surface area contributed by atoms with Crippen molar-refractivity contribution in [1.29, 1.82) is 0 Å². The second-order valence-electron chi connectivity index (χ2n) is 7.15. The molecule has 0 radical (unpaired) electrons. The summed E-state index contributed by atoms with van der Waals surface area (Å²) in [5, 5.41) is 5.99. The van der Waals surface area contributed by atoms with Gasteiger partial charge in [-0.2, -0.15) is 0 Å². The Morgan fingerprint density at radius 1 is 1.12 bits per heavy atom. The second kappa shape index (κ2) is 8.37. The van der Waals surface area contributed by atoms with Crippen LogP contribution in [0.15, 0.2) is 18.2 Å². The molecular formula is C20H29N3O2. The highest BCUT2D eigenvalue weighted by molar-refractivity contribution is 6.02. The maximum absolute atomic E-state index is 12.6. The van der Waals surface area contributed by atoms with Gasteiger partial charge in [-0.15, -0.1) is 0 Å². The normalized spacial score (nSPS) is 17.7. The number of carbonyl (C=O) groups is 2. The van der Waals surface area contributed by atoms with Crippen LogP contribution in [0, 0.1) is 5.92 Å². The Morgan fingerprint density at radius 2 is 1.84 bits per heavy atom. The largest absolute Gasteiger partial charge is 0.371 e. The van der Waals surface area contributed by atoms with E-state index in [4.69, 9.17) is 0 Å². The van der Waals surface area contributed by atoms with Gasteiger partial charge in [-0.1, -0.05) is 19.8 Å². The number of nitrogens with one attached hydrogen (secondary N) is 2. The SMILES string of the molecule is CCCNC(=O)c1ccc(NC(=O)C2CC2)cc1N1CCCCCC1. The Bertz CT molecular complexity index is 617. The van der Waals surface area contributed by atoms with Crippen molar-refractivity contribution < 1.29 is 9.59 Å². The van der Waals surface area contributed by atoms with Crippen LogP contribution in [0.25, 0.3) is 0 Å². The third-order valence-corrected chi connectivity index (χ3v) is 4.94. The predicted octanol–water partition coefficient (Wildman–Crippen LogP) is 3.56. The maximum atomic E-state index is 12.6. The zero-order chi connectivity index (χ0) is 17.6. The van der Waals surface area contributed by atoms with Crippen LogP contribution in [0.2, 0.25) is 0 Å². The van der Waals surface area contributed by atoms with E-state index in [2.05, 4.69) is 15.5 Å². The van der Waals surface area contributed by atoms with E-state index in [0.717, 1.165) is 56.6 Å². The van der Waals surface area contributed by atoms with Gasteiger partial charge < -0.3 is 15.5 Å². The quantitative estimate of drug-likeness (QED) is 0.830. The molecule has 1 saturated heterocycles. The zero-order valence-electron chi connectivity index (χ0n) is 15.1. The van der Waals surface area contributed by atoms with Crippen LogP contribution in [0.3, 0.4) is 0 Å². The zero-order valence-corrected chi connectivity index (χ0v) is 15.1. The predicted molar refractivity (Wildman–Crippen MR) is 101 cm³/mol. The van der Waals surface area contributed by atoms with Crippen LogP contribution in [0.1, 0.15) is 62.2 Å². The van der Waals surface area contributed by atoms with E-state index in [9.17, 15) is 9.59 Å². The Balaban J connectivity index is 1.84. The molecule has 1 aromatic rings. The molecule has 0 aromatic heterocycles. The molecule has 5 nitrogen and oxygen atoms in total. The van der Waals surface area contributed by atoms with Crippen molar-refractivity contribution >= 4 is 23.2 Å². The third-order valence-electron chi connectivity index (χ3n) is 4.94. The number of anilines is 2. The standard InChI is InChI=1S/C20H29N3O2/c1-2-11-21-20(25)17-10-9-16(22-19(24)15-7-8-15)14-18(17)23-12-5-3-4-6-13-23/h9-10,14-15H,2-8,11-13H2,1H3,(H,21,25)(H,22,24). The summed E-state index contributed by atoms with van der Waals surface area (Å²) in [6.45, 7) is 4.66. The summed E-state index contributed by atoms with van der Waals surface area (Å²) in [5.74, 6) is 0.250. The Hall–Kier alpha value is -2.04. The molecule has 0 atom stereocenters. The second-order valence-corrected chi connectivity index (χ2v) is 7.15. The first-order valence-corrected chi connectivity index (χ1v) is 9.67. The van der Waals surface area contributed by atoms with Crippen molar-refractivity contribution in [2.24, 2.45) is 5.92 Å². The number of rotatable bonds is 6. The summed E-state index contributed by atoms with van der Waals surface area (Å²) in [5.41, 5.74) is 2.45.